The van der Waals surface area contributed by atoms with Gasteiger partial charge in [-0.25, -0.2) is 0 Å². The molecule has 0 saturated heterocycles. The van der Waals surface area contributed by atoms with E-state index in [9.17, 15) is 24.6 Å². The predicted molar refractivity (Wildman–Crippen MR) is 99.5 cm³/mol. The van der Waals surface area contributed by atoms with E-state index in [0.29, 0.717) is 0 Å². The number of halogens is 1. The maximum absolute atomic E-state index is 13.4. The van der Waals surface area contributed by atoms with E-state index in [1.54, 1.807) is 0 Å². The van der Waals surface area contributed by atoms with Crippen LogP contribution in [0.15, 0.2) is 29.8 Å². The largest absolute Gasteiger partial charge is 0.349 e. The molecule has 1 amide bonds. The molecule has 0 aliphatic rings. The summed E-state index contributed by atoms with van der Waals surface area (Å²) in [4.78, 5) is 22.3. The van der Waals surface area contributed by atoms with Crippen molar-refractivity contribution in [2.75, 3.05) is 5.32 Å². The van der Waals surface area contributed by atoms with Crippen molar-refractivity contribution in [2.24, 2.45) is 0 Å². The molecule has 0 aliphatic heterocycles. The maximum atomic E-state index is 13.4. The SMILES string of the molecule is CCCn1c(C)cc(/C=C(/C#N)C(=O)Nc2ccc(F)c([N+](=O)[O-])c2)c1C. The van der Waals surface area contributed by atoms with Crippen LogP contribution in [-0.4, -0.2) is 15.4 Å². The van der Waals surface area contributed by atoms with E-state index in [0.717, 1.165) is 42.0 Å². The number of aromatic nitrogens is 1. The highest BCUT2D eigenvalue weighted by atomic mass is 19.1. The third kappa shape index (κ3) is 4.39. The van der Waals surface area contributed by atoms with Crippen molar-refractivity contribution in [2.45, 2.75) is 33.7 Å². The second-order valence-corrected chi connectivity index (χ2v) is 6.03. The molecule has 0 radical (unpaired) electrons. The lowest BCUT2D eigenvalue weighted by molar-refractivity contribution is -0.387. The lowest BCUT2D eigenvalue weighted by atomic mass is 10.1. The third-order valence-electron chi connectivity index (χ3n) is 4.13. The Hall–Kier alpha value is -3.47. The van der Waals surface area contributed by atoms with Crippen LogP contribution in [0.4, 0.5) is 15.8 Å². The molecule has 2 aromatic rings. The number of nitriles is 1. The highest BCUT2D eigenvalue weighted by molar-refractivity contribution is 6.09. The number of rotatable bonds is 6. The smallest absolute Gasteiger partial charge is 0.306 e. The molecule has 0 aliphatic carbocycles. The van der Waals surface area contributed by atoms with Gasteiger partial charge >= 0.3 is 5.69 Å². The van der Waals surface area contributed by atoms with Crippen LogP contribution in [0, 0.1) is 41.1 Å². The zero-order chi connectivity index (χ0) is 20.1. The summed E-state index contributed by atoms with van der Waals surface area (Å²) in [5.74, 6) is -1.73. The van der Waals surface area contributed by atoms with Gasteiger partial charge in [-0.05, 0) is 50.1 Å². The standard InChI is InChI=1S/C19H19FN4O3/c1-4-7-23-12(2)8-14(13(23)3)9-15(11-21)19(25)22-16-5-6-17(20)18(10-16)24(26)27/h5-6,8-10H,4,7H2,1-3H3,(H,22,25)/b15-9-. The number of hydrogen-bond acceptors (Lipinski definition) is 4. The number of benzene rings is 1. The number of amides is 1. The number of nitrogens with zero attached hydrogens (tertiary/aromatic N) is 3. The van der Waals surface area contributed by atoms with E-state index in [1.807, 2.05) is 26.0 Å². The molecule has 1 N–H and O–H groups in total. The fraction of sp³-hybridized carbons (Fsp3) is 0.263. The minimum absolute atomic E-state index is 0.0331. The van der Waals surface area contributed by atoms with E-state index < -0.39 is 22.3 Å². The van der Waals surface area contributed by atoms with Gasteiger partial charge < -0.3 is 9.88 Å². The topological polar surface area (TPSA) is 101 Å². The zero-order valence-electron chi connectivity index (χ0n) is 15.2. The second kappa shape index (κ2) is 8.27. The minimum atomic E-state index is -1.00. The van der Waals surface area contributed by atoms with Gasteiger partial charge in [-0.3, -0.25) is 14.9 Å². The fourth-order valence-corrected chi connectivity index (χ4v) is 2.77. The zero-order valence-corrected chi connectivity index (χ0v) is 15.2. The summed E-state index contributed by atoms with van der Waals surface area (Å²) in [5, 5.41) is 22.5. The van der Waals surface area contributed by atoms with Crippen molar-refractivity contribution in [3.8, 4) is 6.07 Å². The van der Waals surface area contributed by atoms with Crippen LogP contribution < -0.4 is 5.32 Å². The summed E-state index contributed by atoms with van der Waals surface area (Å²) in [6.07, 6.45) is 2.43. The molecule has 8 heteroatoms. The molecule has 0 bridgehead atoms. The molecule has 0 fully saturated rings. The highest BCUT2D eigenvalue weighted by Gasteiger charge is 2.17. The first kappa shape index (κ1) is 19.8. The molecule has 1 aromatic heterocycles. The van der Waals surface area contributed by atoms with E-state index in [-0.39, 0.29) is 11.3 Å². The first-order chi connectivity index (χ1) is 12.8. The number of aryl methyl sites for hydroxylation is 1. The number of hydrogen-bond donors (Lipinski definition) is 1. The number of nitro benzene ring substituents is 1. The van der Waals surface area contributed by atoms with Gasteiger partial charge in [0.25, 0.3) is 5.91 Å². The molecular weight excluding hydrogens is 351 g/mol. The maximum Gasteiger partial charge on any atom is 0.306 e. The van der Waals surface area contributed by atoms with Gasteiger partial charge in [0.1, 0.15) is 11.6 Å². The first-order valence-electron chi connectivity index (χ1n) is 8.32. The molecule has 27 heavy (non-hydrogen) atoms. The fourth-order valence-electron chi connectivity index (χ4n) is 2.77. The van der Waals surface area contributed by atoms with Crippen molar-refractivity contribution in [1.29, 1.82) is 5.26 Å². The molecule has 2 rings (SSSR count). The van der Waals surface area contributed by atoms with Crippen molar-refractivity contribution >= 4 is 23.4 Å². The van der Waals surface area contributed by atoms with Gasteiger partial charge in [0.2, 0.25) is 5.82 Å². The second-order valence-electron chi connectivity index (χ2n) is 6.03. The Morgan fingerprint density at radius 1 is 1.41 bits per heavy atom. The van der Waals surface area contributed by atoms with Crippen LogP contribution in [0.5, 0.6) is 0 Å². The Morgan fingerprint density at radius 2 is 2.11 bits per heavy atom. The number of nitrogens with one attached hydrogen (secondary N) is 1. The van der Waals surface area contributed by atoms with Gasteiger partial charge in [-0.15, -0.1) is 0 Å². The average molecular weight is 370 g/mol. The Balaban J connectivity index is 2.31. The van der Waals surface area contributed by atoms with Crippen LogP contribution in [-0.2, 0) is 11.3 Å². The molecular formula is C19H19FN4O3. The van der Waals surface area contributed by atoms with Gasteiger partial charge in [0, 0.05) is 29.7 Å². The van der Waals surface area contributed by atoms with Gasteiger partial charge in [-0.1, -0.05) is 6.92 Å². The average Bonchev–Trinajstić information content (AvgIpc) is 2.88. The molecule has 1 heterocycles. The van der Waals surface area contributed by atoms with E-state index >= 15 is 0 Å². The van der Waals surface area contributed by atoms with Crippen LogP contribution >= 0.6 is 0 Å². The van der Waals surface area contributed by atoms with Crippen LogP contribution in [0.25, 0.3) is 6.08 Å². The summed E-state index contributed by atoms with van der Waals surface area (Å²) in [5.41, 5.74) is 1.83. The summed E-state index contributed by atoms with van der Waals surface area (Å²) < 4.78 is 15.5. The van der Waals surface area contributed by atoms with Gasteiger partial charge in [-0.2, -0.15) is 9.65 Å². The monoisotopic (exact) mass is 370 g/mol. The van der Waals surface area contributed by atoms with Crippen molar-refractivity contribution < 1.29 is 14.1 Å². The molecule has 140 valence electrons. The lowest BCUT2D eigenvalue weighted by Gasteiger charge is -2.07. The Bertz CT molecular complexity index is 970. The molecule has 0 saturated carbocycles. The number of nitro groups is 1. The Morgan fingerprint density at radius 3 is 2.70 bits per heavy atom. The van der Waals surface area contributed by atoms with Crippen LogP contribution in [0.2, 0.25) is 0 Å². The minimum Gasteiger partial charge on any atom is -0.349 e. The Kier molecular flexibility index (Phi) is 6.08. The summed E-state index contributed by atoms with van der Waals surface area (Å²) >= 11 is 0. The summed E-state index contributed by atoms with van der Waals surface area (Å²) in [6, 6.07) is 6.73. The van der Waals surface area contributed by atoms with Crippen LogP contribution in [0.3, 0.4) is 0 Å². The number of anilines is 1. The molecule has 0 unspecified atom stereocenters. The third-order valence-corrected chi connectivity index (χ3v) is 4.13. The van der Waals surface area contributed by atoms with E-state index in [2.05, 4.69) is 16.8 Å². The summed E-state index contributed by atoms with van der Waals surface area (Å²) in [6.45, 7) is 6.75. The Labute approximate surface area is 155 Å². The van der Waals surface area contributed by atoms with Crippen molar-refractivity contribution in [3.05, 3.63) is 62.7 Å². The molecule has 1 aromatic carbocycles. The lowest BCUT2D eigenvalue weighted by Crippen LogP contribution is -2.13. The highest BCUT2D eigenvalue weighted by Crippen LogP contribution is 2.23. The molecule has 0 spiro atoms. The summed E-state index contributed by atoms with van der Waals surface area (Å²) in [7, 11) is 0. The first-order valence-corrected chi connectivity index (χ1v) is 8.32. The van der Waals surface area contributed by atoms with E-state index in [4.69, 9.17) is 0 Å². The van der Waals surface area contributed by atoms with E-state index in [1.165, 1.54) is 12.1 Å². The van der Waals surface area contributed by atoms with Gasteiger partial charge in [0.05, 0.1) is 4.92 Å². The number of carbonyl (C=O) groups excluding carboxylic acids is 1. The molecule has 0 atom stereocenters. The number of carbonyl (C=O) groups is 1. The van der Waals surface area contributed by atoms with Crippen molar-refractivity contribution in [1.82, 2.24) is 4.57 Å². The van der Waals surface area contributed by atoms with Gasteiger partial charge in [0.15, 0.2) is 0 Å². The van der Waals surface area contributed by atoms with Crippen molar-refractivity contribution in [3.63, 3.8) is 0 Å². The van der Waals surface area contributed by atoms with Crippen LogP contribution in [0.1, 0.15) is 30.3 Å². The molecule has 7 nitrogen and oxygen atoms in total. The normalized spacial score (nSPS) is 11.1. The predicted octanol–water partition coefficient (Wildman–Crippen LogP) is 4.11. The quantitative estimate of drug-likeness (QED) is 0.358.